The summed E-state index contributed by atoms with van der Waals surface area (Å²) >= 11 is 0. The van der Waals surface area contributed by atoms with Crippen LogP contribution in [0.1, 0.15) is 21.6 Å². The zero-order chi connectivity index (χ0) is 20.4. The van der Waals surface area contributed by atoms with Gasteiger partial charge in [0.15, 0.2) is 5.65 Å². The van der Waals surface area contributed by atoms with E-state index in [0.717, 1.165) is 5.56 Å². The molecule has 0 bridgehead atoms. The second kappa shape index (κ2) is 7.55. The Morgan fingerprint density at radius 3 is 2.66 bits per heavy atom. The van der Waals surface area contributed by atoms with Crippen LogP contribution in [0.3, 0.4) is 0 Å². The van der Waals surface area contributed by atoms with E-state index in [1.54, 1.807) is 66.9 Å². The van der Waals surface area contributed by atoms with Crippen LogP contribution in [0.4, 0.5) is 0 Å². The van der Waals surface area contributed by atoms with Crippen LogP contribution >= 0.6 is 0 Å². The fourth-order valence-corrected chi connectivity index (χ4v) is 3.12. The van der Waals surface area contributed by atoms with Gasteiger partial charge in [0.1, 0.15) is 17.0 Å². The molecule has 0 radical (unpaired) electrons. The van der Waals surface area contributed by atoms with Crippen LogP contribution in [-0.4, -0.2) is 32.7 Å². The molecule has 2 heterocycles. The molecule has 2 aromatic carbocycles. The highest BCUT2D eigenvalue weighted by Gasteiger charge is 2.15. The molecule has 0 fully saturated rings. The topological polar surface area (TPSA) is 94.3 Å². The largest absolute Gasteiger partial charge is 0.508 e. The van der Waals surface area contributed by atoms with E-state index >= 15 is 0 Å². The molecule has 0 unspecified atom stereocenters. The summed E-state index contributed by atoms with van der Waals surface area (Å²) in [6.45, 7) is 0. The summed E-state index contributed by atoms with van der Waals surface area (Å²) in [7, 11) is 1.31. The molecular weight excluding hydrogens is 370 g/mol. The molecule has 0 spiro atoms. The number of aromatic nitrogens is 3. The van der Waals surface area contributed by atoms with Crippen molar-refractivity contribution in [3.63, 3.8) is 0 Å². The van der Waals surface area contributed by atoms with Crippen molar-refractivity contribution in [2.45, 2.75) is 6.42 Å². The molecule has 0 aliphatic rings. The van der Waals surface area contributed by atoms with Crippen LogP contribution in [0.2, 0.25) is 0 Å². The normalized spacial score (nSPS) is 10.8. The van der Waals surface area contributed by atoms with Gasteiger partial charge in [-0.2, -0.15) is 0 Å². The van der Waals surface area contributed by atoms with E-state index in [0.29, 0.717) is 34.5 Å². The maximum absolute atomic E-state index is 13.3. The number of aromatic hydroxyl groups is 1. The fraction of sp³-hybridized carbons (Fsp3) is 0.0909. The number of hydrogen-bond acceptors (Lipinski definition) is 6. The summed E-state index contributed by atoms with van der Waals surface area (Å²) < 4.78 is 6.23. The lowest BCUT2D eigenvalue weighted by atomic mass is 10.1. The summed E-state index contributed by atoms with van der Waals surface area (Å²) in [5, 5.41) is 9.48. The number of methoxy groups -OCH3 is 1. The number of hydrogen-bond donors (Lipinski definition) is 1. The number of phenolic OH excluding ortho intramolecular Hbond substituents is 1. The highest BCUT2D eigenvalue weighted by molar-refractivity contribution is 5.90. The van der Waals surface area contributed by atoms with E-state index < -0.39 is 5.97 Å². The van der Waals surface area contributed by atoms with Gasteiger partial charge in [-0.1, -0.05) is 18.2 Å². The molecule has 7 nitrogen and oxygen atoms in total. The average molecular weight is 387 g/mol. The number of ether oxygens (including phenoxy) is 1. The molecule has 0 amide bonds. The number of nitrogens with zero attached hydrogens (tertiary/aromatic N) is 3. The van der Waals surface area contributed by atoms with Crippen molar-refractivity contribution in [1.82, 2.24) is 14.5 Å². The number of rotatable bonds is 4. The zero-order valence-corrected chi connectivity index (χ0v) is 15.6. The van der Waals surface area contributed by atoms with Gasteiger partial charge in [0, 0.05) is 12.6 Å². The van der Waals surface area contributed by atoms with Crippen LogP contribution in [0.5, 0.6) is 5.75 Å². The second-order valence-corrected chi connectivity index (χ2v) is 6.43. The third-order valence-corrected chi connectivity index (χ3v) is 4.52. The predicted octanol–water partition coefficient (Wildman–Crippen LogP) is 2.86. The fourth-order valence-electron chi connectivity index (χ4n) is 3.12. The van der Waals surface area contributed by atoms with Crippen molar-refractivity contribution in [2.24, 2.45) is 0 Å². The Bertz CT molecular complexity index is 1260. The van der Waals surface area contributed by atoms with Gasteiger partial charge in [0.2, 0.25) is 0 Å². The molecule has 29 heavy (non-hydrogen) atoms. The monoisotopic (exact) mass is 387 g/mol. The molecule has 7 heteroatoms. The molecule has 144 valence electrons. The quantitative estimate of drug-likeness (QED) is 0.541. The SMILES string of the molecule is COC(=O)c1cccc(-n2c(=O)c(Cc3ccc(O)cc3)nc3cccnc32)c1. The molecule has 4 rings (SSSR count). The van der Waals surface area contributed by atoms with Gasteiger partial charge in [0.25, 0.3) is 5.56 Å². The standard InChI is InChI=1S/C22H17N3O4/c1-29-22(28)15-4-2-5-16(13-15)25-20-18(6-3-11-23-20)24-19(21(25)27)12-14-7-9-17(26)10-8-14/h2-11,13,26H,12H2,1H3. The van der Waals surface area contributed by atoms with E-state index in [1.807, 2.05) is 0 Å². The molecule has 0 saturated carbocycles. The first-order valence-corrected chi connectivity index (χ1v) is 8.90. The number of fused-ring (bicyclic) bond motifs is 1. The third kappa shape index (κ3) is 3.58. The number of carbonyl (C=O) groups is 1. The molecule has 2 aromatic heterocycles. The van der Waals surface area contributed by atoms with Gasteiger partial charge in [-0.3, -0.25) is 9.36 Å². The number of esters is 1. The number of pyridine rings is 1. The summed E-state index contributed by atoms with van der Waals surface area (Å²) in [4.78, 5) is 34.0. The van der Waals surface area contributed by atoms with Gasteiger partial charge in [-0.25, -0.2) is 14.8 Å². The van der Waals surface area contributed by atoms with Crippen LogP contribution in [0.15, 0.2) is 71.7 Å². The highest BCUT2D eigenvalue weighted by Crippen LogP contribution is 2.17. The van der Waals surface area contributed by atoms with Crippen molar-refractivity contribution in [3.8, 4) is 11.4 Å². The second-order valence-electron chi connectivity index (χ2n) is 6.43. The van der Waals surface area contributed by atoms with E-state index in [1.165, 1.54) is 11.7 Å². The van der Waals surface area contributed by atoms with E-state index in [9.17, 15) is 14.7 Å². The van der Waals surface area contributed by atoms with E-state index in [4.69, 9.17) is 4.74 Å². The van der Waals surface area contributed by atoms with Crippen LogP contribution in [-0.2, 0) is 11.2 Å². The average Bonchev–Trinajstić information content (AvgIpc) is 2.75. The van der Waals surface area contributed by atoms with Crippen molar-refractivity contribution in [3.05, 3.63) is 94.0 Å². The van der Waals surface area contributed by atoms with Crippen molar-refractivity contribution >= 4 is 17.1 Å². The molecule has 1 N–H and O–H groups in total. The van der Waals surface area contributed by atoms with E-state index in [2.05, 4.69) is 9.97 Å². The summed E-state index contributed by atoms with van der Waals surface area (Å²) in [6, 6.07) is 16.8. The van der Waals surface area contributed by atoms with Gasteiger partial charge in [-0.15, -0.1) is 0 Å². The minimum absolute atomic E-state index is 0.154. The molecule has 0 atom stereocenters. The first kappa shape index (κ1) is 18.4. The predicted molar refractivity (Wildman–Crippen MR) is 107 cm³/mol. The van der Waals surface area contributed by atoms with E-state index in [-0.39, 0.29) is 11.3 Å². The van der Waals surface area contributed by atoms with Crippen LogP contribution < -0.4 is 5.56 Å². The van der Waals surface area contributed by atoms with Gasteiger partial charge in [-0.05, 0) is 48.0 Å². The number of phenols is 1. The molecule has 0 aliphatic carbocycles. The highest BCUT2D eigenvalue weighted by atomic mass is 16.5. The molecule has 0 saturated heterocycles. The van der Waals surface area contributed by atoms with Crippen LogP contribution in [0, 0.1) is 0 Å². The Hall–Kier alpha value is -4.00. The van der Waals surface area contributed by atoms with Crippen molar-refractivity contribution in [1.29, 1.82) is 0 Å². The number of carbonyl (C=O) groups excluding carboxylic acids is 1. The Labute approximate surface area is 165 Å². The first-order valence-electron chi connectivity index (χ1n) is 8.90. The van der Waals surface area contributed by atoms with Gasteiger partial charge < -0.3 is 9.84 Å². The summed E-state index contributed by atoms with van der Waals surface area (Å²) in [5.41, 5.74) is 2.63. The van der Waals surface area contributed by atoms with Crippen molar-refractivity contribution < 1.29 is 14.6 Å². The lowest BCUT2D eigenvalue weighted by molar-refractivity contribution is 0.0600. The van der Waals surface area contributed by atoms with Gasteiger partial charge >= 0.3 is 5.97 Å². The summed E-state index contributed by atoms with van der Waals surface area (Å²) in [5.74, 6) is -0.336. The molecular formula is C22H17N3O4. The van der Waals surface area contributed by atoms with Crippen LogP contribution in [0.25, 0.3) is 16.9 Å². The third-order valence-electron chi connectivity index (χ3n) is 4.52. The molecule has 0 aliphatic heterocycles. The Morgan fingerprint density at radius 2 is 1.90 bits per heavy atom. The zero-order valence-electron chi connectivity index (χ0n) is 15.6. The first-order chi connectivity index (χ1) is 14.1. The number of benzene rings is 2. The lowest BCUT2D eigenvalue weighted by Crippen LogP contribution is -2.25. The minimum Gasteiger partial charge on any atom is -0.508 e. The lowest BCUT2D eigenvalue weighted by Gasteiger charge is -2.12. The Balaban J connectivity index is 1.91. The van der Waals surface area contributed by atoms with Gasteiger partial charge in [0.05, 0.1) is 18.4 Å². The summed E-state index contributed by atoms with van der Waals surface area (Å²) in [6.07, 6.45) is 1.88. The Kier molecular flexibility index (Phi) is 4.78. The van der Waals surface area contributed by atoms with Crippen molar-refractivity contribution in [2.75, 3.05) is 7.11 Å². The molecule has 4 aromatic rings. The smallest absolute Gasteiger partial charge is 0.337 e. The maximum atomic E-state index is 13.3. The Morgan fingerprint density at radius 1 is 1.10 bits per heavy atom. The maximum Gasteiger partial charge on any atom is 0.337 e. The minimum atomic E-state index is -0.490.